The summed E-state index contributed by atoms with van der Waals surface area (Å²) in [6.07, 6.45) is 5.57. The van der Waals surface area contributed by atoms with Crippen LogP contribution in [0.1, 0.15) is 18.3 Å². The van der Waals surface area contributed by atoms with Crippen LogP contribution in [-0.2, 0) is 6.42 Å². The summed E-state index contributed by atoms with van der Waals surface area (Å²) < 4.78 is 1.66. The van der Waals surface area contributed by atoms with Gasteiger partial charge in [-0.3, -0.25) is 14.7 Å². The topological polar surface area (TPSA) is 73.8 Å². The third-order valence-electron chi connectivity index (χ3n) is 2.55. The molecule has 0 fully saturated rings. The fourth-order valence-electron chi connectivity index (χ4n) is 1.73. The Kier molecular flexibility index (Phi) is 2.86. The quantitative estimate of drug-likeness (QED) is 0.599. The maximum atomic E-state index is 11.1. The van der Waals surface area contributed by atoms with Crippen molar-refractivity contribution in [3.63, 3.8) is 0 Å². The highest BCUT2D eigenvalue weighted by molar-refractivity contribution is 5.52. The Hall–Kier alpha value is -2.24. The molecule has 2 heterocycles. The van der Waals surface area contributed by atoms with Crippen LogP contribution in [0.3, 0.4) is 0 Å². The van der Waals surface area contributed by atoms with E-state index in [2.05, 4.69) is 9.97 Å². The Bertz CT molecular complexity index is 562. The van der Waals surface area contributed by atoms with Crippen molar-refractivity contribution in [3.8, 4) is 5.82 Å². The number of aromatic nitrogens is 3. The number of imidazole rings is 1. The number of hydrogen-bond donors (Lipinski definition) is 0. The number of nitro groups is 1. The van der Waals surface area contributed by atoms with Gasteiger partial charge in [0.1, 0.15) is 5.82 Å². The molecule has 0 radical (unpaired) electrons. The maximum absolute atomic E-state index is 11.1. The van der Waals surface area contributed by atoms with Gasteiger partial charge in [-0.15, -0.1) is 0 Å². The van der Waals surface area contributed by atoms with E-state index in [0.717, 1.165) is 5.82 Å². The van der Waals surface area contributed by atoms with Gasteiger partial charge < -0.3 is 0 Å². The Morgan fingerprint density at radius 1 is 1.41 bits per heavy atom. The van der Waals surface area contributed by atoms with Gasteiger partial charge in [0, 0.05) is 30.6 Å². The van der Waals surface area contributed by atoms with Gasteiger partial charge in [-0.1, -0.05) is 6.92 Å². The molecule has 0 aliphatic carbocycles. The highest BCUT2D eigenvalue weighted by Gasteiger charge is 2.21. The van der Waals surface area contributed by atoms with Crippen LogP contribution in [0.4, 0.5) is 5.69 Å². The van der Waals surface area contributed by atoms with Gasteiger partial charge >= 0.3 is 5.69 Å². The average Bonchev–Trinajstić information content (AvgIpc) is 2.75. The van der Waals surface area contributed by atoms with E-state index in [-0.39, 0.29) is 5.69 Å². The molecule has 2 rings (SSSR count). The molecule has 0 amide bonds. The summed E-state index contributed by atoms with van der Waals surface area (Å²) in [5, 5.41) is 11.1. The van der Waals surface area contributed by atoms with Crippen LogP contribution in [0, 0.1) is 17.0 Å². The summed E-state index contributed by atoms with van der Waals surface area (Å²) in [6.45, 7) is 3.65. The first-order chi connectivity index (χ1) is 8.15. The molecular formula is C11H12N4O2. The molecule has 17 heavy (non-hydrogen) atoms. The monoisotopic (exact) mass is 232 g/mol. The van der Waals surface area contributed by atoms with Gasteiger partial charge in [0.05, 0.1) is 4.92 Å². The third-order valence-corrected chi connectivity index (χ3v) is 2.55. The summed E-state index contributed by atoms with van der Waals surface area (Å²) in [7, 11) is 0. The maximum Gasteiger partial charge on any atom is 0.315 e. The summed E-state index contributed by atoms with van der Waals surface area (Å²) in [4.78, 5) is 18.9. The Morgan fingerprint density at radius 3 is 2.82 bits per heavy atom. The van der Waals surface area contributed by atoms with Gasteiger partial charge in [-0.05, 0) is 13.0 Å². The van der Waals surface area contributed by atoms with Crippen LogP contribution < -0.4 is 0 Å². The average molecular weight is 232 g/mol. The lowest BCUT2D eigenvalue weighted by Crippen LogP contribution is -2.06. The van der Waals surface area contributed by atoms with E-state index in [1.54, 1.807) is 36.1 Å². The van der Waals surface area contributed by atoms with Crippen molar-refractivity contribution in [2.24, 2.45) is 0 Å². The van der Waals surface area contributed by atoms with Crippen molar-refractivity contribution in [1.82, 2.24) is 14.5 Å². The minimum absolute atomic E-state index is 0.0280. The number of hydrogen-bond acceptors (Lipinski definition) is 4. The smallest absolute Gasteiger partial charge is 0.282 e. The second-order valence-corrected chi connectivity index (χ2v) is 3.62. The molecule has 6 heteroatoms. The predicted octanol–water partition coefficient (Wildman–Crippen LogP) is 2.05. The normalized spacial score (nSPS) is 10.5. The molecule has 0 atom stereocenters. The van der Waals surface area contributed by atoms with E-state index in [1.807, 2.05) is 6.92 Å². The van der Waals surface area contributed by atoms with E-state index in [0.29, 0.717) is 17.8 Å². The van der Waals surface area contributed by atoms with E-state index in [9.17, 15) is 10.1 Å². The van der Waals surface area contributed by atoms with Crippen molar-refractivity contribution in [2.75, 3.05) is 0 Å². The third kappa shape index (κ3) is 1.89. The summed E-state index contributed by atoms with van der Waals surface area (Å²) in [5.74, 6) is 1.08. The second-order valence-electron chi connectivity index (χ2n) is 3.62. The van der Waals surface area contributed by atoms with Crippen molar-refractivity contribution < 1.29 is 4.92 Å². The van der Waals surface area contributed by atoms with Crippen molar-refractivity contribution >= 4 is 5.69 Å². The standard InChI is InChI=1S/C11H12N4O2/c1-3-9-12-6-7-14(9)11-10(15(16)17)8(2)4-5-13-11/h4-7H,3H2,1-2H3. The molecule has 0 saturated carbocycles. The number of pyridine rings is 1. The summed E-state index contributed by atoms with van der Waals surface area (Å²) in [5.41, 5.74) is 0.621. The largest absolute Gasteiger partial charge is 0.315 e. The van der Waals surface area contributed by atoms with Crippen LogP contribution in [0.2, 0.25) is 0 Å². The van der Waals surface area contributed by atoms with Gasteiger partial charge in [0.25, 0.3) is 0 Å². The molecular weight excluding hydrogens is 220 g/mol. The van der Waals surface area contributed by atoms with Gasteiger partial charge in [0.2, 0.25) is 5.82 Å². The lowest BCUT2D eigenvalue weighted by atomic mass is 10.2. The minimum atomic E-state index is -0.406. The zero-order chi connectivity index (χ0) is 12.4. The Morgan fingerprint density at radius 2 is 2.18 bits per heavy atom. The lowest BCUT2D eigenvalue weighted by Gasteiger charge is -2.07. The fourth-order valence-corrected chi connectivity index (χ4v) is 1.73. The molecule has 2 aromatic rings. The fraction of sp³-hybridized carbons (Fsp3) is 0.273. The first-order valence-electron chi connectivity index (χ1n) is 5.27. The molecule has 0 saturated heterocycles. The van der Waals surface area contributed by atoms with E-state index in [1.165, 1.54) is 0 Å². The zero-order valence-electron chi connectivity index (χ0n) is 9.62. The van der Waals surface area contributed by atoms with Crippen LogP contribution >= 0.6 is 0 Å². The zero-order valence-corrected chi connectivity index (χ0v) is 9.62. The lowest BCUT2D eigenvalue weighted by molar-refractivity contribution is -0.385. The molecule has 0 spiro atoms. The van der Waals surface area contributed by atoms with Crippen molar-refractivity contribution in [1.29, 1.82) is 0 Å². The second kappa shape index (κ2) is 4.32. The Labute approximate surface area is 98.1 Å². The molecule has 2 aromatic heterocycles. The van der Waals surface area contributed by atoms with E-state index < -0.39 is 4.92 Å². The summed E-state index contributed by atoms with van der Waals surface area (Å²) in [6, 6.07) is 1.63. The Balaban J connectivity index is 2.67. The number of rotatable bonds is 3. The number of nitrogens with zero attached hydrogens (tertiary/aromatic N) is 4. The van der Waals surface area contributed by atoms with Crippen molar-refractivity contribution in [3.05, 3.63) is 46.2 Å². The van der Waals surface area contributed by atoms with E-state index >= 15 is 0 Å². The van der Waals surface area contributed by atoms with E-state index in [4.69, 9.17) is 0 Å². The minimum Gasteiger partial charge on any atom is -0.282 e. The van der Waals surface area contributed by atoms with Crippen molar-refractivity contribution in [2.45, 2.75) is 20.3 Å². The first kappa shape index (κ1) is 11.3. The molecule has 0 bridgehead atoms. The van der Waals surface area contributed by atoms with Gasteiger partial charge in [-0.2, -0.15) is 0 Å². The highest BCUT2D eigenvalue weighted by atomic mass is 16.6. The highest BCUT2D eigenvalue weighted by Crippen LogP contribution is 2.25. The predicted molar refractivity (Wildman–Crippen MR) is 62.1 cm³/mol. The molecule has 6 nitrogen and oxygen atoms in total. The number of aryl methyl sites for hydroxylation is 2. The van der Waals surface area contributed by atoms with Gasteiger partial charge in [-0.25, -0.2) is 9.97 Å². The van der Waals surface area contributed by atoms with Crippen LogP contribution in [0.5, 0.6) is 0 Å². The van der Waals surface area contributed by atoms with Gasteiger partial charge in [0.15, 0.2) is 0 Å². The molecule has 0 aromatic carbocycles. The molecule has 0 N–H and O–H groups in total. The van der Waals surface area contributed by atoms with Crippen LogP contribution in [0.15, 0.2) is 24.7 Å². The molecule has 0 unspecified atom stereocenters. The van der Waals surface area contributed by atoms with Crippen LogP contribution in [-0.4, -0.2) is 19.5 Å². The molecule has 0 aliphatic rings. The molecule has 88 valence electrons. The SMILES string of the molecule is CCc1nccn1-c1nccc(C)c1[N+](=O)[O-]. The first-order valence-corrected chi connectivity index (χ1v) is 5.27. The molecule has 0 aliphatic heterocycles. The summed E-state index contributed by atoms with van der Waals surface area (Å²) >= 11 is 0. The van der Waals surface area contributed by atoms with Crippen LogP contribution in [0.25, 0.3) is 5.82 Å².